The van der Waals surface area contributed by atoms with E-state index >= 15 is 0 Å². The van der Waals surface area contributed by atoms with Crippen LogP contribution < -0.4 is 5.32 Å². The fourth-order valence-electron chi connectivity index (χ4n) is 2.03. The van der Waals surface area contributed by atoms with Gasteiger partial charge in [-0.2, -0.15) is 0 Å². The molecule has 7 heteroatoms. The van der Waals surface area contributed by atoms with Crippen LogP contribution in [0.5, 0.6) is 0 Å². The van der Waals surface area contributed by atoms with Crippen molar-refractivity contribution in [2.45, 2.75) is 40.2 Å². The third-order valence-corrected chi connectivity index (χ3v) is 5.14. The standard InChI is InChI=1S/C13H24N2O4S/c1-5-20(18,19)9-8-15-7-6-10(16)14-11(12(15)17)13(2,3)4/h11H,5-9H2,1-4H3,(H,14,16). The van der Waals surface area contributed by atoms with Crippen LogP contribution in [0.25, 0.3) is 0 Å². The van der Waals surface area contributed by atoms with Crippen molar-refractivity contribution in [1.82, 2.24) is 10.2 Å². The molecule has 1 saturated heterocycles. The fraction of sp³-hybridized carbons (Fsp3) is 0.846. The second kappa shape index (κ2) is 6.11. The highest BCUT2D eigenvalue weighted by Crippen LogP contribution is 2.23. The van der Waals surface area contributed by atoms with Crippen molar-refractivity contribution in [3.8, 4) is 0 Å². The Kier molecular flexibility index (Phi) is 5.18. The van der Waals surface area contributed by atoms with E-state index in [9.17, 15) is 18.0 Å². The zero-order chi connectivity index (χ0) is 15.6. The van der Waals surface area contributed by atoms with E-state index in [1.165, 1.54) is 4.90 Å². The van der Waals surface area contributed by atoms with Gasteiger partial charge in [0.15, 0.2) is 9.84 Å². The van der Waals surface area contributed by atoms with Gasteiger partial charge in [-0.05, 0) is 5.41 Å². The summed E-state index contributed by atoms with van der Waals surface area (Å²) >= 11 is 0. The van der Waals surface area contributed by atoms with Gasteiger partial charge in [-0.1, -0.05) is 27.7 Å². The number of sulfone groups is 1. The Morgan fingerprint density at radius 1 is 1.30 bits per heavy atom. The lowest BCUT2D eigenvalue weighted by Crippen LogP contribution is -2.52. The van der Waals surface area contributed by atoms with E-state index in [1.807, 2.05) is 20.8 Å². The van der Waals surface area contributed by atoms with Crippen molar-refractivity contribution in [1.29, 1.82) is 0 Å². The molecule has 1 N–H and O–H groups in total. The van der Waals surface area contributed by atoms with Crippen molar-refractivity contribution in [2.75, 3.05) is 24.6 Å². The third kappa shape index (κ3) is 4.47. The minimum Gasteiger partial charge on any atom is -0.344 e. The van der Waals surface area contributed by atoms with Crippen molar-refractivity contribution in [3.05, 3.63) is 0 Å². The minimum atomic E-state index is -3.12. The second-order valence-corrected chi connectivity index (χ2v) is 8.65. The number of hydrogen-bond acceptors (Lipinski definition) is 4. The summed E-state index contributed by atoms with van der Waals surface area (Å²) in [4.78, 5) is 25.6. The SMILES string of the molecule is CCS(=O)(=O)CCN1CCC(=O)NC(C(C)(C)C)C1=O. The summed E-state index contributed by atoms with van der Waals surface area (Å²) in [5.41, 5.74) is -0.404. The quantitative estimate of drug-likeness (QED) is 0.803. The molecule has 116 valence electrons. The van der Waals surface area contributed by atoms with Gasteiger partial charge in [0.1, 0.15) is 6.04 Å². The first-order chi connectivity index (χ1) is 9.07. The van der Waals surface area contributed by atoms with Crippen LogP contribution in [0.3, 0.4) is 0 Å². The van der Waals surface area contributed by atoms with E-state index in [0.717, 1.165) is 0 Å². The Labute approximate surface area is 120 Å². The molecule has 0 aromatic rings. The van der Waals surface area contributed by atoms with Crippen LogP contribution in [0.2, 0.25) is 0 Å². The van der Waals surface area contributed by atoms with Crippen molar-refractivity contribution >= 4 is 21.7 Å². The second-order valence-electron chi connectivity index (χ2n) is 6.18. The van der Waals surface area contributed by atoms with Crippen molar-refractivity contribution < 1.29 is 18.0 Å². The normalized spacial score (nSPS) is 21.6. The first kappa shape index (κ1) is 16.9. The average Bonchev–Trinajstić information content (AvgIpc) is 2.47. The van der Waals surface area contributed by atoms with E-state index in [4.69, 9.17) is 0 Å². The Morgan fingerprint density at radius 2 is 1.90 bits per heavy atom. The molecule has 1 fully saturated rings. The van der Waals surface area contributed by atoms with E-state index < -0.39 is 21.3 Å². The van der Waals surface area contributed by atoms with E-state index in [-0.39, 0.29) is 42.8 Å². The molecule has 1 unspecified atom stereocenters. The molecule has 0 radical (unpaired) electrons. The predicted molar refractivity (Wildman–Crippen MR) is 76.9 cm³/mol. The largest absolute Gasteiger partial charge is 0.344 e. The van der Waals surface area contributed by atoms with Crippen LogP contribution >= 0.6 is 0 Å². The van der Waals surface area contributed by atoms with Gasteiger partial charge in [0.25, 0.3) is 0 Å². The summed E-state index contributed by atoms with van der Waals surface area (Å²) in [5.74, 6) is -0.358. The summed E-state index contributed by atoms with van der Waals surface area (Å²) in [7, 11) is -3.12. The Bertz CT molecular complexity index is 479. The number of carbonyl (C=O) groups is 2. The van der Waals surface area contributed by atoms with Crippen molar-refractivity contribution in [3.63, 3.8) is 0 Å². The van der Waals surface area contributed by atoms with Gasteiger partial charge in [0.2, 0.25) is 11.8 Å². The average molecular weight is 304 g/mol. The first-order valence-corrected chi connectivity index (χ1v) is 8.67. The number of rotatable bonds is 4. The van der Waals surface area contributed by atoms with Gasteiger partial charge >= 0.3 is 0 Å². The topological polar surface area (TPSA) is 83.6 Å². The molecule has 0 aromatic carbocycles. The summed E-state index contributed by atoms with van der Waals surface area (Å²) in [6, 6.07) is -0.609. The zero-order valence-electron chi connectivity index (χ0n) is 12.6. The molecule has 0 spiro atoms. The number of nitrogens with one attached hydrogen (secondary N) is 1. The summed E-state index contributed by atoms with van der Waals surface area (Å²) in [5, 5.41) is 2.73. The van der Waals surface area contributed by atoms with E-state index in [2.05, 4.69) is 5.32 Å². The minimum absolute atomic E-state index is 0.0553. The lowest BCUT2D eigenvalue weighted by Gasteiger charge is -2.32. The molecule has 6 nitrogen and oxygen atoms in total. The molecule has 20 heavy (non-hydrogen) atoms. The smallest absolute Gasteiger partial charge is 0.245 e. The molecular weight excluding hydrogens is 280 g/mol. The maximum absolute atomic E-state index is 12.5. The van der Waals surface area contributed by atoms with Gasteiger partial charge in [0.05, 0.1) is 5.75 Å². The van der Waals surface area contributed by atoms with Gasteiger partial charge in [-0.3, -0.25) is 9.59 Å². The molecule has 0 bridgehead atoms. The van der Waals surface area contributed by atoms with Crippen LogP contribution in [-0.4, -0.2) is 55.8 Å². The molecule has 1 aliphatic rings. The molecule has 0 aliphatic carbocycles. The highest BCUT2D eigenvalue weighted by Gasteiger charge is 2.37. The van der Waals surface area contributed by atoms with Gasteiger partial charge < -0.3 is 10.2 Å². The Hall–Kier alpha value is -1.11. The lowest BCUT2D eigenvalue weighted by atomic mass is 9.86. The lowest BCUT2D eigenvalue weighted by molar-refractivity contribution is -0.136. The van der Waals surface area contributed by atoms with E-state index in [1.54, 1.807) is 6.92 Å². The van der Waals surface area contributed by atoms with Crippen LogP contribution in [0.15, 0.2) is 0 Å². The Balaban J connectivity index is 2.85. The number of hydrogen-bond donors (Lipinski definition) is 1. The molecule has 0 aromatic heterocycles. The van der Waals surface area contributed by atoms with E-state index in [0.29, 0.717) is 0 Å². The predicted octanol–water partition coefficient (Wildman–Crippen LogP) is 0.184. The van der Waals surface area contributed by atoms with Crippen LogP contribution in [0.4, 0.5) is 0 Å². The van der Waals surface area contributed by atoms with Gasteiger partial charge in [0, 0.05) is 25.3 Å². The maximum Gasteiger partial charge on any atom is 0.245 e. The molecule has 1 heterocycles. The number of nitrogens with zero attached hydrogens (tertiary/aromatic N) is 1. The monoisotopic (exact) mass is 304 g/mol. The third-order valence-electron chi connectivity index (χ3n) is 3.45. The van der Waals surface area contributed by atoms with Gasteiger partial charge in [-0.15, -0.1) is 0 Å². The van der Waals surface area contributed by atoms with Gasteiger partial charge in [-0.25, -0.2) is 8.42 Å². The molecular formula is C13H24N2O4S. The summed E-state index contributed by atoms with van der Waals surface area (Å²) in [6.07, 6.45) is 0.213. The Morgan fingerprint density at radius 3 is 2.40 bits per heavy atom. The fourth-order valence-corrected chi connectivity index (χ4v) is 2.81. The van der Waals surface area contributed by atoms with Crippen LogP contribution in [0.1, 0.15) is 34.1 Å². The summed E-state index contributed by atoms with van der Waals surface area (Å²) < 4.78 is 23.1. The highest BCUT2D eigenvalue weighted by atomic mass is 32.2. The first-order valence-electron chi connectivity index (χ1n) is 6.85. The van der Waals surface area contributed by atoms with Crippen molar-refractivity contribution in [2.24, 2.45) is 5.41 Å². The molecule has 1 rings (SSSR count). The maximum atomic E-state index is 12.5. The highest BCUT2D eigenvalue weighted by molar-refractivity contribution is 7.91. The number of carbonyl (C=O) groups excluding carboxylic acids is 2. The number of amides is 2. The van der Waals surface area contributed by atoms with Crippen LogP contribution in [0, 0.1) is 5.41 Å². The molecule has 1 aliphatic heterocycles. The molecule has 0 saturated carbocycles. The zero-order valence-corrected chi connectivity index (χ0v) is 13.4. The van der Waals surface area contributed by atoms with Crippen LogP contribution in [-0.2, 0) is 19.4 Å². The summed E-state index contributed by atoms with van der Waals surface area (Å²) in [6.45, 7) is 7.64. The molecule has 1 atom stereocenters. The molecule has 2 amide bonds.